The van der Waals surface area contributed by atoms with E-state index >= 15 is 0 Å². The van der Waals surface area contributed by atoms with E-state index < -0.39 is 11.5 Å². The van der Waals surface area contributed by atoms with Crippen LogP contribution in [0.5, 0.6) is 0 Å². The Morgan fingerprint density at radius 3 is 2.69 bits per heavy atom. The molecule has 1 aromatic heterocycles. The molecule has 2 rings (SSSR count). The number of nitrogens with zero attached hydrogens (tertiary/aromatic N) is 2. The molecule has 4 nitrogen and oxygen atoms in total. The van der Waals surface area contributed by atoms with Crippen LogP contribution in [0.1, 0.15) is 30.9 Å². The summed E-state index contributed by atoms with van der Waals surface area (Å²) in [5.74, 6) is 0.281. The summed E-state index contributed by atoms with van der Waals surface area (Å²) in [4.78, 5) is 0. The molecule has 2 unspecified atom stereocenters. The first-order valence-corrected chi connectivity index (χ1v) is 5.28. The summed E-state index contributed by atoms with van der Waals surface area (Å²) in [7, 11) is 0. The van der Waals surface area contributed by atoms with E-state index in [1.807, 2.05) is 12.1 Å². The highest BCUT2D eigenvalue weighted by Crippen LogP contribution is 2.46. The van der Waals surface area contributed by atoms with Crippen molar-refractivity contribution in [1.29, 1.82) is 10.5 Å². The third-order valence-corrected chi connectivity index (χ3v) is 3.30. The minimum absolute atomic E-state index is 0.332. The van der Waals surface area contributed by atoms with Gasteiger partial charge >= 0.3 is 0 Å². The molecule has 82 valence electrons. The second-order valence-electron chi connectivity index (χ2n) is 4.11. The molecule has 0 bridgehead atoms. The third-order valence-electron chi connectivity index (χ3n) is 3.30. The predicted octanol–water partition coefficient (Wildman–Crippen LogP) is 1.94. The van der Waals surface area contributed by atoms with Crippen LogP contribution in [0.25, 0.3) is 0 Å². The Morgan fingerprint density at radius 1 is 1.38 bits per heavy atom. The zero-order valence-corrected chi connectivity index (χ0v) is 8.76. The summed E-state index contributed by atoms with van der Waals surface area (Å²) in [5, 5.41) is 28.3. The normalized spacial score (nSPS) is 27.9. The van der Waals surface area contributed by atoms with Crippen LogP contribution in [-0.4, -0.2) is 11.2 Å². The minimum Gasteiger partial charge on any atom is -0.469 e. The smallest absolute Gasteiger partial charge is 0.179 e. The third kappa shape index (κ3) is 1.39. The quantitative estimate of drug-likeness (QED) is 0.777. The molecule has 0 saturated heterocycles. The molecule has 1 saturated carbocycles. The first-order valence-electron chi connectivity index (χ1n) is 5.28. The Balaban J connectivity index is 2.44. The number of aliphatic hydroxyl groups excluding tert-OH is 1. The molecular weight excluding hydrogens is 204 g/mol. The van der Waals surface area contributed by atoms with Gasteiger partial charge in [0.25, 0.3) is 0 Å². The predicted molar refractivity (Wildman–Crippen MR) is 55.0 cm³/mol. The SMILES string of the molecule is N#CC1(C#N)C(O)CCCC1c1ccco1. The number of furan rings is 1. The Labute approximate surface area is 93.7 Å². The molecule has 1 aliphatic carbocycles. The van der Waals surface area contributed by atoms with Gasteiger partial charge in [-0.2, -0.15) is 10.5 Å². The molecule has 1 N–H and O–H groups in total. The van der Waals surface area contributed by atoms with E-state index in [9.17, 15) is 15.6 Å². The molecule has 0 radical (unpaired) electrons. The van der Waals surface area contributed by atoms with Crippen LogP contribution >= 0.6 is 0 Å². The van der Waals surface area contributed by atoms with Crippen LogP contribution in [0.4, 0.5) is 0 Å². The summed E-state index contributed by atoms with van der Waals surface area (Å²) in [5.41, 5.74) is -1.36. The molecule has 4 heteroatoms. The van der Waals surface area contributed by atoms with E-state index in [2.05, 4.69) is 0 Å². The maximum absolute atomic E-state index is 9.90. The molecule has 0 amide bonds. The molecule has 0 aromatic carbocycles. The van der Waals surface area contributed by atoms with Crippen molar-refractivity contribution in [3.05, 3.63) is 24.2 Å². The monoisotopic (exact) mass is 216 g/mol. The van der Waals surface area contributed by atoms with Gasteiger partial charge in [0.2, 0.25) is 0 Å². The lowest BCUT2D eigenvalue weighted by Gasteiger charge is -2.36. The Kier molecular flexibility index (Phi) is 2.68. The second kappa shape index (κ2) is 4.00. The Bertz CT molecular complexity index is 425. The van der Waals surface area contributed by atoms with Crippen molar-refractivity contribution in [2.24, 2.45) is 5.41 Å². The van der Waals surface area contributed by atoms with Gasteiger partial charge < -0.3 is 9.52 Å². The molecule has 1 heterocycles. The lowest BCUT2D eigenvalue weighted by atomic mass is 9.65. The lowest BCUT2D eigenvalue weighted by Crippen LogP contribution is -2.41. The molecule has 1 aliphatic rings. The standard InChI is InChI=1S/C12H12N2O2/c13-7-12(8-14)9(3-1-5-11(12)15)10-4-2-6-16-10/h2,4,6,9,11,15H,1,3,5H2. The van der Waals surface area contributed by atoms with Gasteiger partial charge in [-0.3, -0.25) is 0 Å². The van der Waals surface area contributed by atoms with Crippen LogP contribution < -0.4 is 0 Å². The van der Waals surface area contributed by atoms with E-state index in [4.69, 9.17) is 4.42 Å². The van der Waals surface area contributed by atoms with Gasteiger partial charge in [-0.05, 0) is 31.4 Å². The molecule has 2 atom stereocenters. The van der Waals surface area contributed by atoms with Gasteiger partial charge in [-0.25, -0.2) is 0 Å². The van der Waals surface area contributed by atoms with E-state index in [0.717, 1.165) is 6.42 Å². The van der Waals surface area contributed by atoms with Gasteiger partial charge in [0.05, 0.1) is 30.4 Å². The van der Waals surface area contributed by atoms with Crippen LogP contribution in [0.15, 0.2) is 22.8 Å². The largest absolute Gasteiger partial charge is 0.469 e. The van der Waals surface area contributed by atoms with Crippen molar-refractivity contribution in [3.8, 4) is 12.1 Å². The number of rotatable bonds is 1. The maximum Gasteiger partial charge on any atom is 0.179 e. The molecular formula is C12H12N2O2. The van der Waals surface area contributed by atoms with Gasteiger partial charge in [0.15, 0.2) is 5.41 Å². The number of hydrogen-bond donors (Lipinski definition) is 1. The minimum atomic E-state index is -1.36. The summed E-state index contributed by atoms with van der Waals surface area (Å²) in [6.45, 7) is 0. The highest BCUT2D eigenvalue weighted by molar-refractivity contribution is 5.29. The average Bonchev–Trinajstić information content (AvgIpc) is 2.82. The van der Waals surface area contributed by atoms with Crippen molar-refractivity contribution in [2.45, 2.75) is 31.3 Å². The van der Waals surface area contributed by atoms with Crippen molar-refractivity contribution in [3.63, 3.8) is 0 Å². The number of aliphatic hydroxyl groups is 1. The van der Waals surface area contributed by atoms with Gasteiger partial charge in [0.1, 0.15) is 5.76 Å². The van der Waals surface area contributed by atoms with Crippen LogP contribution in [-0.2, 0) is 0 Å². The molecule has 1 fully saturated rings. The summed E-state index contributed by atoms with van der Waals surface area (Å²) < 4.78 is 5.27. The van der Waals surface area contributed by atoms with E-state index in [1.54, 1.807) is 12.1 Å². The van der Waals surface area contributed by atoms with E-state index in [-0.39, 0.29) is 5.92 Å². The summed E-state index contributed by atoms with van der Waals surface area (Å²) >= 11 is 0. The molecule has 1 aromatic rings. The topological polar surface area (TPSA) is 81.0 Å². The lowest BCUT2D eigenvalue weighted by molar-refractivity contribution is 0.0388. The van der Waals surface area contributed by atoms with Gasteiger partial charge in [0, 0.05) is 0 Å². The van der Waals surface area contributed by atoms with Crippen LogP contribution in [0.2, 0.25) is 0 Å². The van der Waals surface area contributed by atoms with Crippen LogP contribution in [0, 0.1) is 28.1 Å². The van der Waals surface area contributed by atoms with Crippen molar-refractivity contribution < 1.29 is 9.52 Å². The van der Waals surface area contributed by atoms with Crippen molar-refractivity contribution in [2.75, 3.05) is 0 Å². The maximum atomic E-state index is 9.90. The van der Waals surface area contributed by atoms with Gasteiger partial charge in [-0.15, -0.1) is 0 Å². The zero-order chi connectivity index (χ0) is 11.6. The molecule has 0 aliphatic heterocycles. The average molecular weight is 216 g/mol. The zero-order valence-electron chi connectivity index (χ0n) is 8.76. The number of nitriles is 2. The second-order valence-corrected chi connectivity index (χ2v) is 4.11. The number of hydrogen-bond acceptors (Lipinski definition) is 4. The molecule has 0 spiro atoms. The Morgan fingerprint density at radius 2 is 2.12 bits per heavy atom. The summed E-state index contributed by atoms with van der Waals surface area (Å²) in [6, 6.07) is 7.46. The first-order chi connectivity index (χ1) is 7.74. The van der Waals surface area contributed by atoms with Crippen molar-refractivity contribution in [1.82, 2.24) is 0 Å². The van der Waals surface area contributed by atoms with Crippen LogP contribution in [0.3, 0.4) is 0 Å². The first kappa shape index (κ1) is 10.7. The fourth-order valence-corrected chi connectivity index (χ4v) is 2.39. The Hall–Kier alpha value is -1.78. The highest BCUT2D eigenvalue weighted by atomic mass is 16.3. The summed E-state index contributed by atoms with van der Waals surface area (Å²) in [6.07, 6.45) is 2.63. The fraction of sp³-hybridized carbons (Fsp3) is 0.500. The van der Waals surface area contributed by atoms with Crippen molar-refractivity contribution >= 4 is 0 Å². The van der Waals surface area contributed by atoms with Gasteiger partial charge in [-0.1, -0.05) is 0 Å². The highest BCUT2D eigenvalue weighted by Gasteiger charge is 2.50. The van der Waals surface area contributed by atoms with E-state index in [0.29, 0.717) is 18.6 Å². The molecule has 16 heavy (non-hydrogen) atoms. The fourth-order valence-electron chi connectivity index (χ4n) is 2.39. The van der Waals surface area contributed by atoms with E-state index in [1.165, 1.54) is 6.26 Å².